The second-order valence-corrected chi connectivity index (χ2v) is 7.77. The number of sulfone groups is 1. The van der Waals surface area contributed by atoms with Crippen molar-refractivity contribution in [1.29, 1.82) is 0 Å². The highest BCUT2D eigenvalue weighted by molar-refractivity contribution is 7.91. The van der Waals surface area contributed by atoms with Gasteiger partial charge in [-0.3, -0.25) is 0 Å². The van der Waals surface area contributed by atoms with Gasteiger partial charge in [0.2, 0.25) is 15.6 Å². The van der Waals surface area contributed by atoms with E-state index in [9.17, 15) is 13.5 Å². The fourth-order valence-corrected chi connectivity index (χ4v) is 4.11. The van der Waals surface area contributed by atoms with Gasteiger partial charge in [-0.1, -0.05) is 6.07 Å². The molecule has 0 radical (unpaired) electrons. The highest BCUT2D eigenvalue weighted by Gasteiger charge is 2.25. The van der Waals surface area contributed by atoms with Crippen LogP contribution in [0.15, 0.2) is 46.3 Å². The number of aliphatic hydroxyl groups is 1. The largest absolute Gasteiger partial charge is 0.493 e. The van der Waals surface area contributed by atoms with E-state index in [1.165, 1.54) is 39.5 Å². The molecule has 148 valence electrons. The Bertz CT molecular complexity index is 1120. The van der Waals surface area contributed by atoms with Crippen LogP contribution in [0.4, 0.5) is 5.69 Å². The molecule has 0 aliphatic heterocycles. The van der Waals surface area contributed by atoms with Crippen molar-refractivity contribution < 1.29 is 27.7 Å². The van der Waals surface area contributed by atoms with Gasteiger partial charge in [-0.25, -0.2) is 13.4 Å². The maximum Gasteiger partial charge on any atom is 0.224 e. The molecular weight excluding hydrogens is 384 g/mol. The zero-order valence-corrected chi connectivity index (χ0v) is 16.4. The van der Waals surface area contributed by atoms with Crippen LogP contribution in [0.25, 0.3) is 10.9 Å². The highest BCUT2D eigenvalue weighted by atomic mass is 32.2. The molecule has 0 amide bonds. The third kappa shape index (κ3) is 3.19. The lowest BCUT2D eigenvalue weighted by atomic mass is 10.1. The summed E-state index contributed by atoms with van der Waals surface area (Å²) in [5, 5.41) is 9.74. The van der Waals surface area contributed by atoms with Crippen molar-refractivity contribution in [1.82, 2.24) is 4.98 Å². The molecule has 3 N–H and O–H groups in total. The van der Waals surface area contributed by atoms with Gasteiger partial charge in [0.1, 0.15) is 0 Å². The SMILES string of the molecule is COc1cc(S(=O)(=O)c2ccc3c(N)c(CO)ccc3n2)cc(OC)c1OC. The molecule has 0 atom stereocenters. The topological polar surface area (TPSA) is 121 Å². The Morgan fingerprint density at radius 3 is 2.18 bits per heavy atom. The summed E-state index contributed by atoms with van der Waals surface area (Å²) in [6.45, 7) is -0.215. The van der Waals surface area contributed by atoms with E-state index in [4.69, 9.17) is 19.9 Å². The Hall–Kier alpha value is -3.04. The lowest BCUT2D eigenvalue weighted by Crippen LogP contribution is -2.07. The van der Waals surface area contributed by atoms with E-state index in [-0.39, 0.29) is 28.0 Å². The molecule has 0 saturated carbocycles. The number of aliphatic hydroxyl groups excluding tert-OH is 1. The Morgan fingerprint density at radius 2 is 1.64 bits per heavy atom. The van der Waals surface area contributed by atoms with Gasteiger partial charge < -0.3 is 25.1 Å². The standard InChI is InChI=1S/C19H20N2O6S/c1-25-15-8-12(9-16(26-2)19(15)27-3)28(23,24)17-7-5-13-14(21-17)6-4-11(10-22)18(13)20/h4-9,22H,10,20H2,1-3H3. The number of hydrogen-bond donors (Lipinski definition) is 2. The number of nitrogen functional groups attached to an aromatic ring is 1. The molecule has 3 rings (SSSR count). The summed E-state index contributed by atoms with van der Waals surface area (Å²) in [7, 11) is 0.281. The average Bonchev–Trinajstić information content (AvgIpc) is 2.72. The third-order valence-electron chi connectivity index (χ3n) is 4.37. The molecule has 1 heterocycles. The van der Waals surface area contributed by atoms with Crippen molar-refractivity contribution in [2.45, 2.75) is 16.5 Å². The van der Waals surface area contributed by atoms with Crippen molar-refractivity contribution >= 4 is 26.4 Å². The van der Waals surface area contributed by atoms with Crippen molar-refractivity contribution in [2.24, 2.45) is 0 Å². The van der Waals surface area contributed by atoms with E-state index in [2.05, 4.69) is 4.98 Å². The quantitative estimate of drug-likeness (QED) is 0.600. The lowest BCUT2D eigenvalue weighted by molar-refractivity contribution is 0.282. The summed E-state index contributed by atoms with van der Waals surface area (Å²) < 4.78 is 42.0. The molecule has 0 saturated heterocycles. The van der Waals surface area contributed by atoms with Gasteiger partial charge >= 0.3 is 0 Å². The second kappa shape index (κ2) is 7.53. The molecule has 28 heavy (non-hydrogen) atoms. The molecule has 0 unspecified atom stereocenters. The predicted molar refractivity (Wildman–Crippen MR) is 104 cm³/mol. The summed E-state index contributed by atoms with van der Waals surface area (Å²) >= 11 is 0. The first kappa shape index (κ1) is 19.7. The number of ether oxygens (including phenoxy) is 3. The first-order valence-corrected chi connectivity index (χ1v) is 9.69. The molecular formula is C19H20N2O6S. The first-order chi connectivity index (χ1) is 13.4. The molecule has 0 aliphatic carbocycles. The van der Waals surface area contributed by atoms with Gasteiger partial charge in [-0.15, -0.1) is 0 Å². The Morgan fingerprint density at radius 1 is 1.00 bits per heavy atom. The van der Waals surface area contributed by atoms with Crippen LogP contribution in [0.5, 0.6) is 17.2 Å². The highest BCUT2D eigenvalue weighted by Crippen LogP contribution is 2.40. The molecule has 0 spiro atoms. The molecule has 0 fully saturated rings. The van der Waals surface area contributed by atoms with Crippen LogP contribution < -0.4 is 19.9 Å². The van der Waals surface area contributed by atoms with E-state index in [0.717, 1.165) is 0 Å². The normalized spacial score (nSPS) is 11.4. The first-order valence-electron chi connectivity index (χ1n) is 8.21. The fraction of sp³-hybridized carbons (Fsp3) is 0.211. The third-order valence-corrected chi connectivity index (χ3v) is 6.01. The number of nitrogens with two attached hydrogens (primary N) is 1. The predicted octanol–water partition coefficient (Wildman–Crippen LogP) is 2.17. The number of nitrogens with zero attached hydrogens (tertiary/aromatic N) is 1. The van der Waals surface area contributed by atoms with Crippen LogP contribution in [0.2, 0.25) is 0 Å². The Balaban J connectivity index is 2.18. The summed E-state index contributed by atoms with van der Waals surface area (Å²) in [4.78, 5) is 4.20. The molecule has 0 bridgehead atoms. The van der Waals surface area contributed by atoms with Gasteiger partial charge in [0.15, 0.2) is 16.5 Å². The zero-order chi connectivity index (χ0) is 20.5. The summed E-state index contributed by atoms with van der Waals surface area (Å²) in [6, 6.07) is 8.88. The van der Waals surface area contributed by atoms with E-state index in [1.54, 1.807) is 18.2 Å². The van der Waals surface area contributed by atoms with Gasteiger partial charge in [-0.05, 0) is 18.2 Å². The van der Waals surface area contributed by atoms with E-state index < -0.39 is 9.84 Å². The second-order valence-electron chi connectivity index (χ2n) is 5.88. The molecule has 8 nitrogen and oxygen atoms in total. The van der Waals surface area contributed by atoms with E-state index in [0.29, 0.717) is 27.9 Å². The zero-order valence-electron chi connectivity index (χ0n) is 15.6. The van der Waals surface area contributed by atoms with Gasteiger partial charge in [0.05, 0.1) is 38.3 Å². The molecule has 2 aromatic carbocycles. The molecule has 1 aromatic heterocycles. The fourth-order valence-electron chi connectivity index (χ4n) is 2.87. The van der Waals surface area contributed by atoms with Crippen LogP contribution in [0.1, 0.15) is 5.56 Å². The lowest BCUT2D eigenvalue weighted by Gasteiger charge is -2.14. The van der Waals surface area contributed by atoms with Gasteiger partial charge in [0.25, 0.3) is 0 Å². The van der Waals surface area contributed by atoms with Crippen LogP contribution in [0, 0.1) is 0 Å². The summed E-state index contributed by atoms with van der Waals surface area (Å²) in [6.07, 6.45) is 0. The Kier molecular flexibility index (Phi) is 5.30. The minimum atomic E-state index is -3.97. The maximum atomic E-state index is 13.1. The monoisotopic (exact) mass is 404 g/mol. The van der Waals surface area contributed by atoms with Crippen LogP contribution >= 0.6 is 0 Å². The minimum absolute atomic E-state index is 0.0474. The summed E-state index contributed by atoms with van der Waals surface area (Å²) in [5.41, 5.74) is 7.33. The maximum absolute atomic E-state index is 13.1. The number of anilines is 1. The summed E-state index contributed by atoms with van der Waals surface area (Å²) in [5.74, 6) is 0.732. The number of benzene rings is 2. The average molecular weight is 404 g/mol. The molecule has 0 aliphatic rings. The number of hydrogen-bond acceptors (Lipinski definition) is 8. The van der Waals surface area contributed by atoms with E-state index >= 15 is 0 Å². The van der Waals surface area contributed by atoms with E-state index in [1.807, 2.05) is 0 Å². The Labute approximate surface area is 162 Å². The van der Waals surface area contributed by atoms with Crippen molar-refractivity contribution in [3.63, 3.8) is 0 Å². The van der Waals surface area contributed by atoms with Crippen molar-refractivity contribution in [2.75, 3.05) is 27.1 Å². The van der Waals surface area contributed by atoms with Crippen LogP contribution in [-0.4, -0.2) is 39.8 Å². The van der Waals surface area contributed by atoms with Gasteiger partial charge in [-0.2, -0.15) is 0 Å². The number of aromatic nitrogens is 1. The molecule has 3 aromatic rings. The number of fused-ring (bicyclic) bond motifs is 1. The molecule has 9 heteroatoms. The van der Waals surface area contributed by atoms with Crippen LogP contribution in [-0.2, 0) is 16.4 Å². The van der Waals surface area contributed by atoms with Gasteiger partial charge in [0, 0.05) is 28.8 Å². The smallest absolute Gasteiger partial charge is 0.224 e. The van der Waals surface area contributed by atoms with Crippen molar-refractivity contribution in [3.8, 4) is 17.2 Å². The number of methoxy groups -OCH3 is 3. The number of pyridine rings is 1. The van der Waals surface area contributed by atoms with Crippen molar-refractivity contribution in [3.05, 3.63) is 42.0 Å². The van der Waals surface area contributed by atoms with Crippen LogP contribution in [0.3, 0.4) is 0 Å². The minimum Gasteiger partial charge on any atom is -0.493 e. The number of rotatable bonds is 6.